The highest BCUT2D eigenvalue weighted by Gasteiger charge is 2.35. The van der Waals surface area contributed by atoms with Crippen LogP contribution >= 0.6 is 0 Å². The fraction of sp³-hybridized carbons (Fsp3) is 0.526. The second-order valence-electron chi connectivity index (χ2n) is 7.06. The molecule has 0 spiro atoms. The van der Waals surface area contributed by atoms with E-state index in [1.54, 1.807) is 6.07 Å². The molecule has 1 atom stereocenters. The van der Waals surface area contributed by atoms with Gasteiger partial charge in [-0.3, -0.25) is 0 Å². The van der Waals surface area contributed by atoms with Crippen LogP contribution in [-0.4, -0.2) is 40.6 Å². The standard InChI is InChI=1S/C19H24FN5/c1-3-14-12-24(2)16-11-22-18(13-8-9-21-17(20)10-13)23-19(16)25(14)15-6-4-5-7-15/h8-11,14-15H,3-7,12H2,1-2H3/t14-/m1/s1. The molecule has 1 saturated carbocycles. The largest absolute Gasteiger partial charge is 0.368 e. The SMILES string of the molecule is CC[C@@H]1CN(C)c2cnc(-c3ccnc(F)c3)nc2N1C1CCCC1. The summed E-state index contributed by atoms with van der Waals surface area (Å²) in [6.45, 7) is 3.23. The van der Waals surface area contributed by atoms with Gasteiger partial charge >= 0.3 is 0 Å². The highest BCUT2D eigenvalue weighted by atomic mass is 19.1. The molecule has 1 aliphatic heterocycles. The van der Waals surface area contributed by atoms with Gasteiger partial charge in [0.25, 0.3) is 0 Å². The lowest BCUT2D eigenvalue weighted by Gasteiger charge is -2.45. The fourth-order valence-electron chi connectivity index (χ4n) is 4.16. The zero-order valence-corrected chi connectivity index (χ0v) is 14.8. The molecular formula is C19H24FN5. The molecule has 2 aromatic rings. The van der Waals surface area contributed by atoms with Gasteiger partial charge in [-0.2, -0.15) is 4.39 Å². The van der Waals surface area contributed by atoms with E-state index >= 15 is 0 Å². The Morgan fingerprint density at radius 1 is 1.24 bits per heavy atom. The van der Waals surface area contributed by atoms with Gasteiger partial charge in [-0.25, -0.2) is 15.0 Å². The molecule has 25 heavy (non-hydrogen) atoms. The van der Waals surface area contributed by atoms with E-state index in [-0.39, 0.29) is 0 Å². The van der Waals surface area contributed by atoms with E-state index in [0.717, 1.165) is 24.5 Å². The molecule has 0 aromatic carbocycles. The highest BCUT2D eigenvalue weighted by molar-refractivity contribution is 5.72. The number of nitrogens with zero attached hydrogens (tertiary/aromatic N) is 5. The van der Waals surface area contributed by atoms with Crippen molar-refractivity contribution in [2.75, 3.05) is 23.4 Å². The first-order chi connectivity index (χ1) is 12.2. The van der Waals surface area contributed by atoms with E-state index in [1.165, 1.54) is 37.9 Å². The first kappa shape index (κ1) is 16.2. The zero-order valence-electron chi connectivity index (χ0n) is 14.8. The third kappa shape index (κ3) is 2.94. The topological polar surface area (TPSA) is 45.2 Å². The number of halogens is 1. The summed E-state index contributed by atoms with van der Waals surface area (Å²) < 4.78 is 13.5. The number of hydrogen-bond acceptors (Lipinski definition) is 5. The molecule has 1 fully saturated rings. The first-order valence-electron chi connectivity index (χ1n) is 9.15. The van der Waals surface area contributed by atoms with Crippen molar-refractivity contribution in [1.82, 2.24) is 15.0 Å². The molecule has 1 aliphatic carbocycles. The molecule has 0 amide bonds. The molecule has 0 bridgehead atoms. The Balaban J connectivity index is 1.80. The maximum Gasteiger partial charge on any atom is 0.213 e. The third-order valence-corrected chi connectivity index (χ3v) is 5.46. The lowest BCUT2D eigenvalue weighted by molar-refractivity contribution is 0.476. The minimum absolute atomic E-state index is 0.456. The maximum atomic E-state index is 13.5. The Morgan fingerprint density at radius 3 is 2.76 bits per heavy atom. The van der Waals surface area contributed by atoms with Crippen molar-refractivity contribution in [3.05, 3.63) is 30.5 Å². The zero-order chi connectivity index (χ0) is 17.4. The van der Waals surface area contributed by atoms with E-state index in [2.05, 4.69) is 33.7 Å². The Morgan fingerprint density at radius 2 is 2.04 bits per heavy atom. The van der Waals surface area contributed by atoms with Crippen molar-refractivity contribution in [3.8, 4) is 11.4 Å². The van der Waals surface area contributed by atoms with Crippen LogP contribution in [0.15, 0.2) is 24.5 Å². The van der Waals surface area contributed by atoms with Gasteiger partial charge in [0, 0.05) is 43.5 Å². The van der Waals surface area contributed by atoms with Crippen LogP contribution in [0.3, 0.4) is 0 Å². The van der Waals surface area contributed by atoms with Crippen molar-refractivity contribution in [2.45, 2.75) is 51.1 Å². The lowest BCUT2D eigenvalue weighted by Crippen LogP contribution is -2.52. The van der Waals surface area contributed by atoms with Crippen LogP contribution in [-0.2, 0) is 0 Å². The smallest absolute Gasteiger partial charge is 0.213 e. The molecule has 4 rings (SSSR count). The average molecular weight is 341 g/mol. The van der Waals surface area contributed by atoms with Gasteiger partial charge in [0.2, 0.25) is 5.95 Å². The summed E-state index contributed by atoms with van der Waals surface area (Å²) in [5, 5.41) is 0. The van der Waals surface area contributed by atoms with Gasteiger partial charge in [-0.15, -0.1) is 0 Å². The second-order valence-corrected chi connectivity index (χ2v) is 7.06. The van der Waals surface area contributed by atoms with Gasteiger partial charge in [0.15, 0.2) is 11.6 Å². The minimum Gasteiger partial charge on any atom is -0.368 e. The minimum atomic E-state index is -0.505. The number of hydrogen-bond donors (Lipinski definition) is 0. The number of rotatable bonds is 3. The van der Waals surface area contributed by atoms with E-state index in [9.17, 15) is 4.39 Å². The summed E-state index contributed by atoms with van der Waals surface area (Å²) >= 11 is 0. The number of anilines is 2. The summed E-state index contributed by atoms with van der Waals surface area (Å²) in [7, 11) is 2.10. The summed E-state index contributed by atoms with van der Waals surface area (Å²) in [6, 6.07) is 4.16. The summed E-state index contributed by atoms with van der Waals surface area (Å²) in [5.41, 5.74) is 1.73. The lowest BCUT2D eigenvalue weighted by atomic mass is 10.0. The van der Waals surface area contributed by atoms with Crippen LogP contribution in [0.25, 0.3) is 11.4 Å². The molecule has 0 unspecified atom stereocenters. The van der Waals surface area contributed by atoms with Crippen LogP contribution in [0, 0.1) is 5.95 Å². The van der Waals surface area contributed by atoms with Crippen LogP contribution in [0.5, 0.6) is 0 Å². The number of aromatic nitrogens is 3. The summed E-state index contributed by atoms with van der Waals surface area (Å²) in [6.07, 6.45) is 9.45. The Kier molecular flexibility index (Phi) is 4.27. The molecule has 3 heterocycles. The van der Waals surface area contributed by atoms with Crippen molar-refractivity contribution in [3.63, 3.8) is 0 Å². The molecule has 0 N–H and O–H groups in total. The summed E-state index contributed by atoms with van der Waals surface area (Å²) in [5.74, 6) is 1.05. The normalized spacial score (nSPS) is 20.8. The predicted octanol–water partition coefficient (Wildman–Crippen LogP) is 3.66. The first-order valence-corrected chi connectivity index (χ1v) is 9.15. The van der Waals surface area contributed by atoms with E-state index < -0.39 is 5.95 Å². The molecule has 0 radical (unpaired) electrons. The van der Waals surface area contributed by atoms with Crippen LogP contribution in [0.1, 0.15) is 39.0 Å². The number of fused-ring (bicyclic) bond motifs is 1. The van der Waals surface area contributed by atoms with Crippen LogP contribution in [0.4, 0.5) is 15.9 Å². The van der Waals surface area contributed by atoms with E-state index in [0.29, 0.717) is 23.5 Å². The van der Waals surface area contributed by atoms with Gasteiger partial charge in [-0.1, -0.05) is 19.8 Å². The fourth-order valence-corrected chi connectivity index (χ4v) is 4.16. The molecular weight excluding hydrogens is 317 g/mol. The van der Waals surface area contributed by atoms with Crippen LogP contribution in [0.2, 0.25) is 0 Å². The van der Waals surface area contributed by atoms with Crippen molar-refractivity contribution < 1.29 is 4.39 Å². The predicted molar refractivity (Wildman–Crippen MR) is 97.3 cm³/mol. The van der Waals surface area contributed by atoms with Gasteiger partial charge in [0.1, 0.15) is 0 Å². The highest BCUT2D eigenvalue weighted by Crippen LogP contribution is 2.39. The number of likely N-dealkylation sites (N-methyl/N-ethyl adjacent to an activating group) is 1. The quantitative estimate of drug-likeness (QED) is 0.797. The molecule has 0 saturated heterocycles. The Labute approximate surface area is 147 Å². The van der Waals surface area contributed by atoms with Gasteiger partial charge in [-0.05, 0) is 25.3 Å². The Bertz CT molecular complexity index is 759. The van der Waals surface area contributed by atoms with Crippen molar-refractivity contribution >= 4 is 11.5 Å². The monoisotopic (exact) mass is 341 g/mol. The molecule has 2 aliphatic rings. The van der Waals surface area contributed by atoms with Crippen molar-refractivity contribution in [2.24, 2.45) is 0 Å². The Hall–Kier alpha value is -2.24. The maximum absolute atomic E-state index is 13.5. The van der Waals surface area contributed by atoms with Gasteiger partial charge < -0.3 is 9.80 Å². The van der Waals surface area contributed by atoms with E-state index in [4.69, 9.17) is 4.98 Å². The summed E-state index contributed by atoms with van der Waals surface area (Å²) in [4.78, 5) is 17.8. The van der Waals surface area contributed by atoms with Crippen LogP contribution < -0.4 is 9.80 Å². The molecule has 5 nitrogen and oxygen atoms in total. The second kappa shape index (κ2) is 6.58. The third-order valence-electron chi connectivity index (χ3n) is 5.46. The number of pyridine rings is 1. The molecule has 132 valence electrons. The van der Waals surface area contributed by atoms with E-state index in [1.807, 2.05) is 6.20 Å². The molecule has 6 heteroatoms. The average Bonchev–Trinajstić information content (AvgIpc) is 3.15. The molecule has 2 aromatic heterocycles. The van der Waals surface area contributed by atoms with Gasteiger partial charge in [0.05, 0.1) is 11.9 Å². The van der Waals surface area contributed by atoms with Crippen molar-refractivity contribution in [1.29, 1.82) is 0 Å².